The Hall–Kier alpha value is -3.57. The molecule has 0 saturated carbocycles. The second-order valence-electron chi connectivity index (χ2n) is 6.20. The van der Waals surface area contributed by atoms with Crippen LogP contribution in [-0.4, -0.2) is 17.2 Å². The fourth-order valence-electron chi connectivity index (χ4n) is 2.88. The number of carbonyl (C=O) groups excluding carboxylic acids is 1. The second-order valence-corrected chi connectivity index (χ2v) is 6.60. The van der Waals surface area contributed by atoms with Crippen LogP contribution in [-0.2, 0) is 0 Å². The maximum atomic E-state index is 12.1. The Morgan fingerprint density at radius 2 is 1.75 bits per heavy atom. The zero-order valence-electron chi connectivity index (χ0n) is 14.8. The monoisotopic (exact) mass is 388 g/mol. The van der Waals surface area contributed by atoms with Gasteiger partial charge in [-0.05, 0) is 35.9 Å². The molecule has 0 fully saturated rings. The lowest BCUT2D eigenvalue weighted by Gasteiger charge is -2.04. The first-order valence-electron chi connectivity index (χ1n) is 8.72. The molecule has 0 aliphatic carbocycles. The summed E-state index contributed by atoms with van der Waals surface area (Å²) in [6, 6.07) is 24.7. The first kappa shape index (κ1) is 17.8. The highest BCUT2D eigenvalue weighted by molar-refractivity contribution is 6.33. The average molecular weight is 389 g/mol. The van der Waals surface area contributed by atoms with Gasteiger partial charge in [0.2, 0.25) is 0 Å². The molecule has 6 heteroatoms. The number of nitrogens with one attached hydrogen (secondary N) is 3. The first-order valence-corrected chi connectivity index (χ1v) is 9.09. The van der Waals surface area contributed by atoms with Gasteiger partial charge in [0.05, 0.1) is 6.21 Å². The van der Waals surface area contributed by atoms with Crippen molar-refractivity contribution >= 4 is 40.4 Å². The molecule has 3 aromatic carbocycles. The van der Waals surface area contributed by atoms with E-state index in [1.807, 2.05) is 66.7 Å². The fourth-order valence-corrected chi connectivity index (χ4v) is 3.07. The van der Waals surface area contributed by atoms with Gasteiger partial charge in [-0.15, -0.1) is 0 Å². The van der Waals surface area contributed by atoms with Gasteiger partial charge in [-0.1, -0.05) is 60.1 Å². The van der Waals surface area contributed by atoms with Crippen molar-refractivity contribution in [2.75, 3.05) is 5.32 Å². The van der Waals surface area contributed by atoms with Crippen LogP contribution in [0.25, 0.3) is 22.2 Å². The molecule has 5 nitrogen and oxygen atoms in total. The van der Waals surface area contributed by atoms with E-state index < -0.39 is 6.03 Å². The van der Waals surface area contributed by atoms with Crippen molar-refractivity contribution < 1.29 is 4.79 Å². The molecule has 1 heterocycles. The Balaban J connectivity index is 1.44. The molecule has 4 aromatic rings. The minimum atomic E-state index is -0.429. The van der Waals surface area contributed by atoms with Crippen molar-refractivity contribution in [1.29, 1.82) is 0 Å². The van der Waals surface area contributed by atoms with Crippen molar-refractivity contribution in [2.24, 2.45) is 5.10 Å². The highest BCUT2D eigenvalue weighted by atomic mass is 35.5. The number of urea groups is 1. The molecule has 0 atom stereocenters. The van der Waals surface area contributed by atoms with E-state index in [0.717, 1.165) is 27.7 Å². The lowest BCUT2D eigenvalue weighted by atomic mass is 10.1. The Morgan fingerprint density at radius 1 is 0.964 bits per heavy atom. The zero-order chi connectivity index (χ0) is 19.3. The molecule has 28 heavy (non-hydrogen) atoms. The summed E-state index contributed by atoms with van der Waals surface area (Å²) in [6.07, 6.45) is 1.50. The molecular weight excluding hydrogens is 372 g/mol. The molecule has 4 rings (SSSR count). The number of nitrogens with zero attached hydrogens (tertiary/aromatic N) is 1. The number of hydrazone groups is 1. The van der Waals surface area contributed by atoms with Crippen LogP contribution >= 0.6 is 11.6 Å². The van der Waals surface area contributed by atoms with Crippen LogP contribution in [0.4, 0.5) is 10.5 Å². The van der Waals surface area contributed by atoms with E-state index in [9.17, 15) is 4.79 Å². The van der Waals surface area contributed by atoms with Crippen molar-refractivity contribution in [2.45, 2.75) is 0 Å². The first-order chi connectivity index (χ1) is 13.7. The van der Waals surface area contributed by atoms with Gasteiger partial charge in [-0.2, -0.15) is 5.10 Å². The van der Waals surface area contributed by atoms with Gasteiger partial charge >= 0.3 is 6.03 Å². The Morgan fingerprint density at radius 3 is 2.57 bits per heavy atom. The topological polar surface area (TPSA) is 69.3 Å². The van der Waals surface area contributed by atoms with Gasteiger partial charge in [0, 0.05) is 32.9 Å². The van der Waals surface area contributed by atoms with Gasteiger partial charge in [-0.25, -0.2) is 10.2 Å². The van der Waals surface area contributed by atoms with Crippen LogP contribution in [0.2, 0.25) is 5.02 Å². The summed E-state index contributed by atoms with van der Waals surface area (Å²) >= 11 is 6.05. The van der Waals surface area contributed by atoms with Crippen LogP contribution in [0, 0.1) is 0 Å². The Labute approximate surface area is 167 Å². The molecule has 0 aliphatic rings. The summed E-state index contributed by atoms with van der Waals surface area (Å²) in [4.78, 5) is 15.5. The highest BCUT2D eigenvalue weighted by Gasteiger charge is 2.06. The molecule has 138 valence electrons. The highest BCUT2D eigenvalue weighted by Crippen LogP contribution is 2.26. The molecular formula is C22H17ClN4O. The van der Waals surface area contributed by atoms with E-state index in [4.69, 9.17) is 11.6 Å². The summed E-state index contributed by atoms with van der Waals surface area (Å²) in [5.41, 5.74) is 6.99. The maximum absolute atomic E-state index is 12.1. The number of aromatic amines is 1. The molecule has 0 unspecified atom stereocenters. The molecule has 0 aliphatic heterocycles. The van der Waals surface area contributed by atoms with Crippen LogP contribution < -0.4 is 10.7 Å². The SMILES string of the molecule is O=C(N/N=C/c1ccccc1Cl)Nc1ccc2[nH]c(-c3ccccc3)cc2c1. The number of anilines is 1. The zero-order valence-corrected chi connectivity index (χ0v) is 15.6. The van der Waals surface area contributed by atoms with Crippen molar-refractivity contribution in [3.8, 4) is 11.3 Å². The van der Waals surface area contributed by atoms with Crippen LogP contribution in [0.15, 0.2) is 84.0 Å². The third-order valence-electron chi connectivity index (χ3n) is 4.24. The molecule has 0 saturated heterocycles. The lowest BCUT2D eigenvalue weighted by molar-refractivity contribution is 0.252. The molecule has 0 spiro atoms. The quantitative estimate of drug-likeness (QED) is 0.307. The van der Waals surface area contributed by atoms with E-state index in [2.05, 4.69) is 26.9 Å². The number of halogens is 1. The summed E-state index contributed by atoms with van der Waals surface area (Å²) in [7, 11) is 0. The van der Waals surface area contributed by atoms with Gasteiger partial charge in [0.15, 0.2) is 0 Å². The maximum Gasteiger partial charge on any atom is 0.339 e. The summed E-state index contributed by atoms with van der Waals surface area (Å²) in [6.45, 7) is 0. The Kier molecular flexibility index (Phi) is 5.08. The van der Waals surface area contributed by atoms with Crippen molar-refractivity contribution in [1.82, 2.24) is 10.4 Å². The predicted molar refractivity (Wildman–Crippen MR) is 115 cm³/mol. The van der Waals surface area contributed by atoms with E-state index >= 15 is 0 Å². The number of hydrogen-bond donors (Lipinski definition) is 3. The number of rotatable bonds is 4. The standard InChI is InChI=1S/C22H17ClN4O/c23-19-9-5-4-8-16(19)14-24-27-22(28)25-18-10-11-20-17(12-18)13-21(26-20)15-6-2-1-3-7-15/h1-14,26H,(H2,25,27,28)/b24-14+. The van der Waals surface area contributed by atoms with E-state index in [0.29, 0.717) is 10.7 Å². The van der Waals surface area contributed by atoms with E-state index in [1.165, 1.54) is 6.21 Å². The smallest absolute Gasteiger partial charge is 0.339 e. The molecule has 0 bridgehead atoms. The van der Waals surface area contributed by atoms with Crippen LogP contribution in [0.1, 0.15) is 5.56 Å². The van der Waals surface area contributed by atoms with Gasteiger partial charge in [0.25, 0.3) is 0 Å². The van der Waals surface area contributed by atoms with Crippen LogP contribution in [0.3, 0.4) is 0 Å². The number of carbonyl (C=O) groups is 1. The van der Waals surface area contributed by atoms with Gasteiger partial charge in [-0.3, -0.25) is 0 Å². The minimum Gasteiger partial charge on any atom is -0.355 e. The summed E-state index contributed by atoms with van der Waals surface area (Å²) in [5, 5.41) is 8.28. The summed E-state index contributed by atoms with van der Waals surface area (Å²) in [5.74, 6) is 0. The number of aromatic nitrogens is 1. The molecule has 1 aromatic heterocycles. The number of fused-ring (bicyclic) bond motifs is 1. The lowest BCUT2D eigenvalue weighted by Crippen LogP contribution is -2.24. The number of benzene rings is 3. The largest absolute Gasteiger partial charge is 0.355 e. The number of H-pyrrole nitrogens is 1. The number of hydrogen-bond acceptors (Lipinski definition) is 2. The van der Waals surface area contributed by atoms with Crippen molar-refractivity contribution in [3.63, 3.8) is 0 Å². The van der Waals surface area contributed by atoms with Crippen molar-refractivity contribution in [3.05, 3.63) is 89.4 Å². The molecule has 0 radical (unpaired) electrons. The average Bonchev–Trinajstić information content (AvgIpc) is 3.13. The molecule has 2 amide bonds. The normalized spacial score (nSPS) is 11.0. The van der Waals surface area contributed by atoms with Gasteiger partial charge < -0.3 is 10.3 Å². The van der Waals surface area contributed by atoms with Crippen LogP contribution in [0.5, 0.6) is 0 Å². The molecule has 3 N–H and O–H groups in total. The predicted octanol–water partition coefficient (Wildman–Crippen LogP) is 5.64. The Bertz CT molecular complexity index is 1150. The second kappa shape index (κ2) is 7.98. The third-order valence-corrected chi connectivity index (χ3v) is 4.58. The minimum absolute atomic E-state index is 0.429. The van der Waals surface area contributed by atoms with E-state index in [1.54, 1.807) is 6.07 Å². The summed E-state index contributed by atoms with van der Waals surface area (Å²) < 4.78 is 0. The fraction of sp³-hybridized carbons (Fsp3) is 0. The third kappa shape index (κ3) is 4.05. The number of amides is 2. The van der Waals surface area contributed by atoms with Gasteiger partial charge in [0.1, 0.15) is 0 Å². The van der Waals surface area contributed by atoms with E-state index in [-0.39, 0.29) is 0 Å².